The standard InChI is InChI=1S/C6H6S4.3Li/c7-3-1-4(8)6(10)2-5(3)9;;;/h1-2,7-10H;;;/q;3*+1/p-3. The molecule has 0 heterocycles. The van der Waals surface area contributed by atoms with Gasteiger partial charge in [-0.3, -0.25) is 0 Å². The Bertz CT molecular complexity index is 216. The van der Waals surface area contributed by atoms with Gasteiger partial charge in [-0.1, -0.05) is 6.07 Å². The number of hydrogen-bond donors (Lipinski definition) is 1. The van der Waals surface area contributed by atoms with Crippen LogP contribution in [0.15, 0.2) is 31.7 Å². The van der Waals surface area contributed by atoms with E-state index in [1.54, 1.807) is 12.1 Å². The maximum atomic E-state index is 4.91. The fourth-order valence-corrected chi connectivity index (χ4v) is 1.42. The molecule has 0 bridgehead atoms. The van der Waals surface area contributed by atoms with Crippen molar-refractivity contribution in [1.29, 1.82) is 0 Å². The van der Waals surface area contributed by atoms with Gasteiger partial charge in [0, 0.05) is 0 Å². The zero-order valence-corrected chi connectivity index (χ0v) is 11.2. The zero-order valence-electron chi connectivity index (χ0n) is 7.83. The third kappa shape index (κ3) is 6.24. The van der Waals surface area contributed by atoms with E-state index in [-0.39, 0.29) is 56.6 Å². The quantitative estimate of drug-likeness (QED) is 0.264. The molecule has 0 nitrogen and oxygen atoms in total. The van der Waals surface area contributed by atoms with Crippen LogP contribution in [0.3, 0.4) is 0 Å². The predicted octanol–water partition coefficient (Wildman–Crippen LogP) is -7.30. The van der Waals surface area contributed by atoms with Crippen LogP contribution in [0.5, 0.6) is 0 Å². The molecule has 13 heavy (non-hydrogen) atoms. The maximum absolute atomic E-state index is 4.91. The summed E-state index contributed by atoms with van der Waals surface area (Å²) in [5, 5.41) is 0. The van der Waals surface area contributed by atoms with Gasteiger partial charge in [0.05, 0.1) is 0 Å². The minimum atomic E-state index is 0. The van der Waals surface area contributed by atoms with Gasteiger partial charge in [0.2, 0.25) is 0 Å². The molecule has 0 aliphatic carbocycles. The summed E-state index contributed by atoms with van der Waals surface area (Å²) < 4.78 is 0. The van der Waals surface area contributed by atoms with Crippen molar-refractivity contribution >= 4 is 50.5 Å². The first-order valence-electron chi connectivity index (χ1n) is 2.49. The summed E-state index contributed by atoms with van der Waals surface area (Å²) in [6.45, 7) is 0. The van der Waals surface area contributed by atoms with Gasteiger partial charge in [-0.2, -0.15) is 14.7 Å². The first-order valence-corrected chi connectivity index (χ1v) is 4.16. The van der Waals surface area contributed by atoms with Crippen LogP contribution < -0.4 is 56.6 Å². The number of thiol groups is 1. The molecular formula is C6H3Li3S4. The van der Waals surface area contributed by atoms with Crippen LogP contribution in [0.2, 0.25) is 0 Å². The van der Waals surface area contributed by atoms with Gasteiger partial charge in [0.1, 0.15) is 0 Å². The smallest absolute Gasteiger partial charge is 0.781 e. The van der Waals surface area contributed by atoms with E-state index in [4.69, 9.17) is 37.9 Å². The topological polar surface area (TPSA) is 0 Å². The number of hydrogen-bond acceptors (Lipinski definition) is 4. The SMILES string of the molecule is [Li+].[Li+].[Li+].[S-]c1cc([S-])c(S)cc1[S-]. The van der Waals surface area contributed by atoms with Gasteiger partial charge in [0.15, 0.2) is 0 Å². The van der Waals surface area contributed by atoms with Crippen molar-refractivity contribution in [2.45, 2.75) is 19.6 Å². The molecule has 0 spiro atoms. The van der Waals surface area contributed by atoms with Crippen LogP contribution in [0, 0.1) is 0 Å². The predicted molar refractivity (Wildman–Crippen MR) is 50.6 cm³/mol. The molecule has 0 saturated carbocycles. The van der Waals surface area contributed by atoms with Gasteiger partial charge in [-0.05, 0) is 4.90 Å². The average Bonchev–Trinajstić information content (AvgIpc) is 1.84. The van der Waals surface area contributed by atoms with Crippen molar-refractivity contribution in [3.05, 3.63) is 12.1 Å². The maximum Gasteiger partial charge on any atom is 1.00 e. The Hall–Kier alpha value is 2.02. The van der Waals surface area contributed by atoms with Crippen LogP contribution in [-0.4, -0.2) is 0 Å². The molecule has 54 valence electrons. The third-order valence-corrected chi connectivity index (χ3v) is 2.69. The molecule has 0 amide bonds. The first kappa shape index (κ1) is 20.4. The van der Waals surface area contributed by atoms with E-state index in [1.807, 2.05) is 0 Å². The van der Waals surface area contributed by atoms with Crippen molar-refractivity contribution < 1.29 is 56.6 Å². The van der Waals surface area contributed by atoms with E-state index in [0.717, 1.165) is 4.90 Å². The van der Waals surface area contributed by atoms with Crippen molar-refractivity contribution in [1.82, 2.24) is 0 Å². The largest absolute Gasteiger partial charge is 1.00 e. The second kappa shape index (κ2) is 9.26. The molecule has 0 radical (unpaired) electrons. The van der Waals surface area contributed by atoms with Gasteiger partial charge >= 0.3 is 56.6 Å². The Kier molecular flexibility index (Phi) is 14.6. The first-order chi connectivity index (χ1) is 4.61. The average molecular weight is 224 g/mol. The summed E-state index contributed by atoms with van der Waals surface area (Å²) in [6.07, 6.45) is 0. The van der Waals surface area contributed by atoms with Gasteiger partial charge < -0.3 is 37.9 Å². The van der Waals surface area contributed by atoms with Crippen LogP contribution in [0.4, 0.5) is 0 Å². The monoisotopic (exact) mass is 224 g/mol. The fraction of sp³-hybridized carbons (Fsp3) is 0. The summed E-state index contributed by atoms with van der Waals surface area (Å²) in [5.74, 6) is 0. The van der Waals surface area contributed by atoms with E-state index in [2.05, 4.69) is 12.6 Å². The number of rotatable bonds is 0. The molecule has 7 heteroatoms. The molecule has 0 atom stereocenters. The van der Waals surface area contributed by atoms with Crippen LogP contribution in [-0.2, 0) is 37.9 Å². The minimum absolute atomic E-state index is 0. The molecule has 1 rings (SSSR count). The Labute approximate surface area is 137 Å². The van der Waals surface area contributed by atoms with Crippen molar-refractivity contribution in [2.24, 2.45) is 0 Å². The summed E-state index contributed by atoms with van der Waals surface area (Å²) >= 11 is 18.8. The fourth-order valence-electron chi connectivity index (χ4n) is 0.531. The van der Waals surface area contributed by atoms with E-state index < -0.39 is 0 Å². The molecule has 0 aliphatic rings. The summed E-state index contributed by atoms with van der Waals surface area (Å²) in [5.41, 5.74) is 0. The summed E-state index contributed by atoms with van der Waals surface area (Å²) in [7, 11) is 0. The molecule has 0 fully saturated rings. The van der Waals surface area contributed by atoms with Crippen molar-refractivity contribution in [2.75, 3.05) is 0 Å². The summed E-state index contributed by atoms with van der Waals surface area (Å²) in [6, 6.07) is 3.40. The van der Waals surface area contributed by atoms with E-state index in [1.165, 1.54) is 0 Å². The van der Waals surface area contributed by atoms with Crippen molar-refractivity contribution in [3.8, 4) is 0 Å². The molecule has 0 unspecified atom stereocenters. The molecule has 0 aromatic heterocycles. The van der Waals surface area contributed by atoms with Crippen molar-refractivity contribution in [3.63, 3.8) is 0 Å². The Morgan fingerprint density at radius 3 is 1.54 bits per heavy atom. The van der Waals surface area contributed by atoms with Crippen LogP contribution in [0.1, 0.15) is 0 Å². The molecule has 0 aliphatic heterocycles. The van der Waals surface area contributed by atoms with E-state index >= 15 is 0 Å². The molecule has 0 saturated heterocycles. The van der Waals surface area contributed by atoms with Crippen LogP contribution in [0.25, 0.3) is 0 Å². The normalized spacial score (nSPS) is 7.46. The third-order valence-electron chi connectivity index (χ3n) is 1.03. The van der Waals surface area contributed by atoms with Gasteiger partial charge in [-0.25, -0.2) is 0 Å². The Balaban J connectivity index is -0.000000333. The molecule has 1 aromatic rings. The molecule has 0 N–H and O–H groups in total. The van der Waals surface area contributed by atoms with E-state index in [9.17, 15) is 0 Å². The van der Waals surface area contributed by atoms with Gasteiger partial charge in [-0.15, -0.1) is 18.7 Å². The second-order valence-corrected chi connectivity index (χ2v) is 3.57. The zero-order chi connectivity index (χ0) is 7.72. The Morgan fingerprint density at radius 2 is 1.15 bits per heavy atom. The second-order valence-electron chi connectivity index (χ2n) is 1.77. The summed E-state index contributed by atoms with van der Waals surface area (Å²) in [4.78, 5) is 2.68. The number of benzene rings is 1. The molecular weight excluding hydrogens is 221 g/mol. The van der Waals surface area contributed by atoms with Crippen LogP contribution >= 0.6 is 12.6 Å². The van der Waals surface area contributed by atoms with E-state index in [0.29, 0.717) is 14.7 Å². The molecule has 1 aromatic carbocycles. The van der Waals surface area contributed by atoms with Gasteiger partial charge in [0.25, 0.3) is 0 Å². The Morgan fingerprint density at radius 1 is 0.769 bits per heavy atom. The minimum Gasteiger partial charge on any atom is -0.781 e.